The number of carbonyl (C=O) groups is 7. The Morgan fingerprint density at radius 3 is 2.50 bits per heavy atom. The summed E-state index contributed by atoms with van der Waals surface area (Å²) in [6.45, 7) is -0.435. The number of amides is 7. The molecule has 7 amide bonds. The third kappa shape index (κ3) is 6.84. The average Bonchev–Trinajstić information content (AvgIpc) is 3.66. The van der Waals surface area contributed by atoms with Crippen molar-refractivity contribution in [3.8, 4) is 11.5 Å². The highest BCUT2D eigenvalue weighted by molar-refractivity contribution is 8.01. The van der Waals surface area contributed by atoms with Crippen molar-refractivity contribution in [1.82, 2.24) is 40.8 Å². The van der Waals surface area contributed by atoms with E-state index in [9.17, 15) is 48.9 Å². The first-order valence-corrected chi connectivity index (χ1v) is 18.2. The van der Waals surface area contributed by atoms with Gasteiger partial charge in [0.2, 0.25) is 18.0 Å². The summed E-state index contributed by atoms with van der Waals surface area (Å²) < 4.78 is 0.598. The fraction of sp³-hybridized carbons (Fsp3) is 0.258. The highest BCUT2D eigenvalue weighted by atomic mass is 32.2. The summed E-state index contributed by atoms with van der Waals surface area (Å²) in [5.74, 6) is -5.95. The Bertz CT molecular complexity index is 1980. The molecule has 21 heteroatoms. The zero-order valence-corrected chi connectivity index (χ0v) is 29.1. The fourth-order valence-electron chi connectivity index (χ4n) is 5.80. The van der Waals surface area contributed by atoms with Crippen LogP contribution < -0.4 is 16.0 Å². The number of urea groups is 1. The molecule has 3 atom stereocenters. The highest BCUT2D eigenvalue weighted by Gasteiger charge is 2.66. The Balaban J connectivity index is 1.19. The molecule has 0 spiro atoms. The maximum absolute atomic E-state index is 14.0. The molecule has 1 aromatic heterocycles. The van der Waals surface area contributed by atoms with Crippen LogP contribution in [-0.4, -0.2) is 118 Å². The molecule has 0 radical (unpaired) electrons. The van der Waals surface area contributed by atoms with Gasteiger partial charge in [0.15, 0.2) is 15.8 Å². The Hall–Kier alpha value is -5.67. The molecule has 4 heterocycles. The van der Waals surface area contributed by atoms with E-state index in [-0.39, 0.29) is 54.6 Å². The van der Waals surface area contributed by atoms with E-state index in [0.29, 0.717) is 20.4 Å². The van der Waals surface area contributed by atoms with E-state index in [0.717, 1.165) is 21.6 Å². The number of aromatic hydroxyl groups is 2. The molecule has 6 N–H and O–H groups in total. The van der Waals surface area contributed by atoms with Gasteiger partial charge >= 0.3 is 23.8 Å². The van der Waals surface area contributed by atoms with Gasteiger partial charge in [-0.25, -0.2) is 9.59 Å². The molecule has 0 aliphatic carbocycles. The lowest BCUT2D eigenvalue weighted by molar-refractivity contribution is -0.163. The number of carbonyl (C=O) groups excluding carboxylic acids is 6. The van der Waals surface area contributed by atoms with Crippen LogP contribution in [0.25, 0.3) is 0 Å². The first kappa shape index (κ1) is 36.1. The average molecular weight is 769 g/mol. The summed E-state index contributed by atoms with van der Waals surface area (Å²) in [7, 11) is 0. The molecule has 6 rings (SSSR count). The minimum atomic E-state index is -2.10. The number of carboxylic acids is 1. The number of β-lactam (4-membered cyclic amide) rings is 1. The summed E-state index contributed by atoms with van der Waals surface area (Å²) >= 11 is 3.63. The largest absolute Gasteiger partial charge is 0.504 e. The van der Waals surface area contributed by atoms with Crippen LogP contribution in [0.15, 0.2) is 69.7 Å². The van der Waals surface area contributed by atoms with E-state index in [2.05, 4.69) is 26.1 Å². The minimum Gasteiger partial charge on any atom is -0.504 e. The van der Waals surface area contributed by atoms with Gasteiger partial charge in [0.05, 0.1) is 0 Å². The second-order valence-electron chi connectivity index (χ2n) is 11.4. The number of aliphatic carboxylic acids is 1. The first-order valence-electron chi connectivity index (χ1n) is 15.2. The van der Waals surface area contributed by atoms with Crippen LogP contribution in [0, 0.1) is 0 Å². The van der Waals surface area contributed by atoms with Crippen LogP contribution in [0.1, 0.15) is 17.2 Å². The second-order valence-corrected chi connectivity index (χ2v) is 14.6. The van der Waals surface area contributed by atoms with Crippen LogP contribution >= 0.6 is 34.9 Å². The Morgan fingerprint density at radius 2 is 1.83 bits per heavy atom. The van der Waals surface area contributed by atoms with Gasteiger partial charge in [-0.1, -0.05) is 59.5 Å². The molecule has 2 saturated heterocycles. The monoisotopic (exact) mass is 768 g/mol. The highest BCUT2D eigenvalue weighted by Crippen LogP contribution is 2.46. The summed E-state index contributed by atoms with van der Waals surface area (Å²) in [6.07, 6.45) is 0.195. The SMILES string of the molecule is O=CN[C@@]1(NC(=O)C(NC(=O)N2CCN(Cc3ccc(O)c(O)c3)C(=O)C2=O)c2ccccc2)C(=O)N2C(C(=O)O)=C(CSc3nncs3)CS[C@H]21. The lowest BCUT2D eigenvalue weighted by Gasteiger charge is -2.56. The molecule has 3 aliphatic heterocycles. The van der Waals surface area contributed by atoms with Gasteiger partial charge in [0.25, 0.3) is 5.91 Å². The van der Waals surface area contributed by atoms with E-state index in [4.69, 9.17) is 0 Å². The second kappa shape index (κ2) is 14.9. The molecule has 52 heavy (non-hydrogen) atoms. The topological polar surface area (TPSA) is 252 Å². The number of imide groups is 1. The number of carboxylic acid groups (broad SMARTS) is 1. The molecule has 2 aromatic carbocycles. The third-order valence-corrected chi connectivity index (χ3v) is 11.6. The van der Waals surface area contributed by atoms with Gasteiger partial charge in [-0.2, -0.15) is 0 Å². The standard InChI is InChI=1S/C31H28N8O10S3/c40-14-32-31(27(48)39-22(26(46)47)18(12-50-28(31)39)13-51-30-36-33-15-52-30)35-23(43)21(17-4-2-1-3-5-17)34-29(49)38-9-8-37(24(44)25(38)45)11-16-6-7-19(41)20(42)10-16/h1-7,10,14-15,21,28,41-42H,8-9,11-13H2,(H,32,40)(H,34,49)(H,35,43)(H,46,47)/t21?,28-,31+/m0/s1. The lowest BCUT2D eigenvalue weighted by Crippen LogP contribution is -2.85. The van der Waals surface area contributed by atoms with E-state index in [1.807, 2.05) is 0 Å². The number of hydrogen-bond acceptors (Lipinski definition) is 14. The predicted molar refractivity (Wildman–Crippen MR) is 183 cm³/mol. The number of phenolic OH excluding ortho intramolecular Hbond substituents is 2. The number of rotatable bonds is 12. The normalized spacial score (nSPS) is 20.5. The van der Waals surface area contributed by atoms with Crippen LogP contribution in [0.3, 0.4) is 0 Å². The number of nitrogens with zero attached hydrogens (tertiary/aromatic N) is 5. The van der Waals surface area contributed by atoms with Crippen LogP contribution in [-0.2, 0) is 35.3 Å². The van der Waals surface area contributed by atoms with Crippen molar-refractivity contribution in [2.75, 3.05) is 24.6 Å². The summed E-state index contributed by atoms with van der Waals surface area (Å²) in [4.78, 5) is 94.4. The van der Waals surface area contributed by atoms with Crippen molar-refractivity contribution in [2.24, 2.45) is 0 Å². The van der Waals surface area contributed by atoms with Crippen molar-refractivity contribution in [1.29, 1.82) is 0 Å². The number of benzene rings is 2. The van der Waals surface area contributed by atoms with Crippen molar-refractivity contribution in [2.45, 2.75) is 28.0 Å². The quantitative estimate of drug-likeness (QED) is 0.0359. The third-order valence-electron chi connectivity index (χ3n) is 8.30. The summed E-state index contributed by atoms with van der Waals surface area (Å²) in [5.41, 5.74) is 0.201. The van der Waals surface area contributed by atoms with Gasteiger partial charge in [0.1, 0.15) is 22.6 Å². The Kier molecular flexibility index (Phi) is 10.4. The molecule has 3 aliphatic rings. The van der Waals surface area contributed by atoms with Crippen molar-refractivity contribution in [3.05, 3.63) is 76.4 Å². The lowest BCUT2D eigenvalue weighted by atomic mass is 9.94. The number of aromatic nitrogens is 2. The smallest absolute Gasteiger partial charge is 0.352 e. The number of phenols is 2. The zero-order valence-electron chi connectivity index (χ0n) is 26.6. The minimum absolute atomic E-state index is 0.0852. The van der Waals surface area contributed by atoms with Crippen molar-refractivity contribution < 1.29 is 48.9 Å². The fourth-order valence-corrected chi connectivity index (χ4v) is 8.86. The first-order chi connectivity index (χ1) is 24.9. The molecule has 3 aromatic rings. The van der Waals surface area contributed by atoms with Crippen molar-refractivity contribution in [3.63, 3.8) is 0 Å². The van der Waals surface area contributed by atoms with Crippen LogP contribution in [0.5, 0.6) is 11.5 Å². The van der Waals surface area contributed by atoms with E-state index >= 15 is 0 Å². The Morgan fingerprint density at radius 1 is 1.06 bits per heavy atom. The van der Waals surface area contributed by atoms with Gasteiger partial charge in [-0.05, 0) is 28.8 Å². The number of nitrogens with one attached hydrogen (secondary N) is 3. The molecule has 2 fully saturated rings. The molecule has 0 bridgehead atoms. The van der Waals surface area contributed by atoms with Gasteiger partial charge in [-0.15, -0.1) is 22.0 Å². The van der Waals surface area contributed by atoms with Crippen molar-refractivity contribution >= 4 is 76.9 Å². The number of fused-ring (bicyclic) bond motifs is 1. The molecule has 0 saturated carbocycles. The maximum Gasteiger partial charge on any atom is 0.352 e. The van der Waals surface area contributed by atoms with E-state index in [1.165, 1.54) is 58.9 Å². The predicted octanol–water partition coefficient (Wildman–Crippen LogP) is 0.176. The molecule has 270 valence electrons. The van der Waals surface area contributed by atoms with Gasteiger partial charge < -0.3 is 36.2 Å². The van der Waals surface area contributed by atoms with Crippen LogP contribution in [0.2, 0.25) is 0 Å². The molecular weight excluding hydrogens is 741 g/mol. The summed E-state index contributed by atoms with van der Waals surface area (Å²) in [6, 6.07) is 9.08. The number of hydrogen-bond donors (Lipinski definition) is 6. The number of thioether (sulfide) groups is 2. The van der Waals surface area contributed by atoms with Gasteiger partial charge in [0, 0.05) is 31.1 Å². The van der Waals surface area contributed by atoms with Gasteiger partial charge in [-0.3, -0.25) is 33.8 Å². The molecule has 1 unspecified atom stereocenters. The Labute approximate surface area is 306 Å². The van der Waals surface area contributed by atoms with E-state index < -0.39 is 58.5 Å². The van der Waals surface area contributed by atoms with Crippen LogP contribution in [0.4, 0.5) is 4.79 Å². The van der Waals surface area contributed by atoms with E-state index in [1.54, 1.807) is 18.2 Å². The molecular formula is C31H28N8O10S3. The maximum atomic E-state index is 14.0. The summed E-state index contributed by atoms with van der Waals surface area (Å²) in [5, 5.41) is 43.4. The number of piperazine rings is 1. The molecule has 18 nitrogen and oxygen atoms in total. The zero-order chi connectivity index (χ0) is 37.2.